The van der Waals surface area contributed by atoms with Crippen LogP contribution in [0, 0.1) is 11.3 Å². The van der Waals surface area contributed by atoms with E-state index in [9.17, 15) is 5.11 Å². The molecule has 120 valence electrons. The molecule has 21 heavy (non-hydrogen) atoms. The van der Waals surface area contributed by atoms with E-state index in [1.54, 1.807) is 0 Å². The predicted octanol–water partition coefficient (Wildman–Crippen LogP) is 5.89. The van der Waals surface area contributed by atoms with Crippen LogP contribution in [0.15, 0.2) is 30.3 Å². The molecule has 0 aliphatic heterocycles. The molecule has 0 aromatic heterocycles. The average molecular weight is 290 g/mol. The minimum atomic E-state index is -0.0217. The first-order valence-corrected chi connectivity index (χ1v) is 8.05. The van der Waals surface area contributed by atoms with Crippen molar-refractivity contribution in [3.05, 3.63) is 41.5 Å². The third-order valence-corrected chi connectivity index (χ3v) is 2.99. The Morgan fingerprint density at radius 1 is 1.10 bits per heavy atom. The monoisotopic (exact) mass is 290 g/mol. The fourth-order valence-corrected chi connectivity index (χ4v) is 1.60. The second-order valence-electron chi connectivity index (χ2n) is 7.49. The van der Waals surface area contributed by atoms with Crippen molar-refractivity contribution in [2.24, 2.45) is 11.3 Å². The second-order valence-corrected chi connectivity index (χ2v) is 7.49. The van der Waals surface area contributed by atoms with Gasteiger partial charge in [0.1, 0.15) is 0 Å². The van der Waals surface area contributed by atoms with Crippen LogP contribution < -0.4 is 0 Å². The van der Waals surface area contributed by atoms with E-state index >= 15 is 0 Å². The molecule has 0 saturated carbocycles. The van der Waals surface area contributed by atoms with E-state index in [0.29, 0.717) is 5.92 Å². The van der Waals surface area contributed by atoms with Crippen molar-refractivity contribution in [2.45, 2.75) is 60.8 Å². The first kappa shape index (κ1) is 19.9. The Morgan fingerprint density at radius 2 is 1.67 bits per heavy atom. The quantitative estimate of drug-likeness (QED) is 0.716. The summed E-state index contributed by atoms with van der Waals surface area (Å²) in [5, 5.41) is 9.17. The van der Waals surface area contributed by atoms with Crippen LogP contribution in [0.1, 0.15) is 71.9 Å². The highest BCUT2D eigenvalue weighted by Gasteiger charge is 2.13. The number of aliphatic hydroxyl groups is 1. The van der Waals surface area contributed by atoms with Crippen molar-refractivity contribution in [3.63, 3.8) is 0 Å². The Labute approximate surface area is 132 Å². The smallest absolute Gasteiger partial charge is 0.0485 e. The zero-order valence-electron chi connectivity index (χ0n) is 15.0. The fraction of sp³-hybridized carbons (Fsp3) is 0.600. The third-order valence-electron chi connectivity index (χ3n) is 2.99. The van der Waals surface area contributed by atoms with Crippen molar-refractivity contribution >= 4 is 6.08 Å². The highest BCUT2D eigenvalue weighted by molar-refractivity contribution is 5.50. The lowest BCUT2D eigenvalue weighted by Crippen LogP contribution is -2.14. The first-order valence-electron chi connectivity index (χ1n) is 8.05. The third kappa shape index (κ3) is 10.3. The van der Waals surface area contributed by atoms with Gasteiger partial charge in [-0.15, -0.1) is 0 Å². The van der Waals surface area contributed by atoms with Crippen molar-refractivity contribution < 1.29 is 5.11 Å². The number of hydrogen-bond donors (Lipinski definition) is 1. The van der Waals surface area contributed by atoms with Gasteiger partial charge in [-0.05, 0) is 34.8 Å². The summed E-state index contributed by atoms with van der Waals surface area (Å²) in [6, 6.07) is 8.62. The molecule has 0 fully saturated rings. The molecule has 0 unspecified atom stereocenters. The number of allylic oxidation sites excluding steroid dienone is 1. The van der Waals surface area contributed by atoms with E-state index in [1.807, 2.05) is 0 Å². The van der Waals surface area contributed by atoms with Gasteiger partial charge in [-0.2, -0.15) is 0 Å². The van der Waals surface area contributed by atoms with E-state index in [4.69, 9.17) is 0 Å². The van der Waals surface area contributed by atoms with Crippen LogP contribution in [0.5, 0.6) is 0 Å². The minimum absolute atomic E-state index is 0.0217. The van der Waals surface area contributed by atoms with Crippen LogP contribution in [0.2, 0.25) is 0 Å². The molecule has 0 aliphatic rings. The molecule has 1 aromatic carbocycles. The molecule has 1 rings (SSSR count). The van der Waals surface area contributed by atoms with Gasteiger partial charge in [-0.25, -0.2) is 0 Å². The molecule has 0 aliphatic carbocycles. The van der Waals surface area contributed by atoms with Crippen molar-refractivity contribution in [1.29, 1.82) is 0 Å². The standard InChI is InChI=1S/C16H24O.C4H10/c1-13(2)15-9-5-7-14(11-15)8-6-10-16(3,4)12-17;1-4(2)3/h5-9,11,13,17H,10,12H2,1-4H3;4H,1-3H3/b8-6+;. The van der Waals surface area contributed by atoms with Crippen molar-refractivity contribution in [1.82, 2.24) is 0 Å². The molecule has 1 aromatic rings. The number of rotatable bonds is 5. The molecule has 1 heteroatoms. The van der Waals surface area contributed by atoms with E-state index in [1.165, 1.54) is 11.1 Å². The largest absolute Gasteiger partial charge is 0.396 e. The highest BCUT2D eigenvalue weighted by atomic mass is 16.3. The van der Waals surface area contributed by atoms with Crippen molar-refractivity contribution in [2.75, 3.05) is 6.61 Å². The Hall–Kier alpha value is -1.08. The molecule has 0 atom stereocenters. The summed E-state index contributed by atoms with van der Waals surface area (Å²) in [5.41, 5.74) is 2.59. The summed E-state index contributed by atoms with van der Waals surface area (Å²) in [5.74, 6) is 1.40. The average Bonchev–Trinajstić information content (AvgIpc) is 2.38. The van der Waals surface area contributed by atoms with Gasteiger partial charge in [-0.3, -0.25) is 0 Å². The SMILES string of the molecule is CC(C)C.CC(C)c1cccc(/C=C/CC(C)(C)CO)c1. The summed E-state index contributed by atoms with van der Waals surface area (Å²) in [6.45, 7) is 15.3. The van der Waals surface area contributed by atoms with E-state index in [-0.39, 0.29) is 12.0 Å². The molecular formula is C20H34O. The number of benzene rings is 1. The fourth-order valence-electron chi connectivity index (χ4n) is 1.60. The Morgan fingerprint density at radius 3 is 2.14 bits per heavy atom. The summed E-state index contributed by atoms with van der Waals surface area (Å²) in [4.78, 5) is 0. The lowest BCUT2D eigenvalue weighted by atomic mass is 9.90. The summed E-state index contributed by atoms with van der Waals surface area (Å²) < 4.78 is 0. The number of hydrogen-bond acceptors (Lipinski definition) is 1. The molecule has 0 spiro atoms. The molecule has 0 bridgehead atoms. The van der Waals surface area contributed by atoms with E-state index in [0.717, 1.165) is 12.3 Å². The lowest BCUT2D eigenvalue weighted by Gasteiger charge is -2.18. The lowest BCUT2D eigenvalue weighted by molar-refractivity contribution is 0.162. The van der Waals surface area contributed by atoms with Gasteiger partial charge in [-0.1, -0.05) is 84.9 Å². The Kier molecular flexibility index (Phi) is 9.28. The molecule has 0 amide bonds. The topological polar surface area (TPSA) is 20.2 Å². The van der Waals surface area contributed by atoms with Crippen LogP contribution in [0.4, 0.5) is 0 Å². The van der Waals surface area contributed by atoms with Gasteiger partial charge in [0.05, 0.1) is 0 Å². The van der Waals surface area contributed by atoms with Gasteiger partial charge < -0.3 is 5.11 Å². The Balaban J connectivity index is 0.000000885. The van der Waals surface area contributed by atoms with Crippen LogP contribution in [-0.4, -0.2) is 11.7 Å². The zero-order chi connectivity index (χ0) is 16.5. The summed E-state index contributed by atoms with van der Waals surface area (Å²) >= 11 is 0. The Bertz CT molecular complexity index is 411. The number of aliphatic hydroxyl groups excluding tert-OH is 1. The normalized spacial score (nSPS) is 11.9. The summed E-state index contributed by atoms with van der Waals surface area (Å²) in [7, 11) is 0. The molecule has 1 nitrogen and oxygen atoms in total. The van der Waals surface area contributed by atoms with E-state index < -0.39 is 0 Å². The van der Waals surface area contributed by atoms with Gasteiger partial charge in [0.25, 0.3) is 0 Å². The molecular weight excluding hydrogens is 256 g/mol. The van der Waals surface area contributed by atoms with Crippen LogP contribution in [0.25, 0.3) is 6.08 Å². The van der Waals surface area contributed by atoms with Gasteiger partial charge >= 0.3 is 0 Å². The van der Waals surface area contributed by atoms with Gasteiger partial charge in [0, 0.05) is 6.61 Å². The first-order chi connectivity index (χ1) is 9.68. The maximum absolute atomic E-state index is 9.17. The molecule has 0 heterocycles. The molecule has 1 N–H and O–H groups in total. The van der Waals surface area contributed by atoms with E-state index in [2.05, 4.69) is 84.9 Å². The second kappa shape index (κ2) is 9.78. The van der Waals surface area contributed by atoms with Gasteiger partial charge in [0.15, 0.2) is 0 Å². The van der Waals surface area contributed by atoms with Gasteiger partial charge in [0.2, 0.25) is 0 Å². The van der Waals surface area contributed by atoms with Crippen LogP contribution in [0.3, 0.4) is 0 Å². The highest BCUT2D eigenvalue weighted by Crippen LogP contribution is 2.21. The van der Waals surface area contributed by atoms with Crippen LogP contribution in [-0.2, 0) is 0 Å². The zero-order valence-corrected chi connectivity index (χ0v) is 15.0. The predicted molar refractivity (Wildman–Crippen MR) is 95.6 cm³/mol. The molecule has 0 saturated heterocycles. The maximum atomic E-state index is 9.17. The van der Waals surface area contributed by atoms with Crippen LogP contribution >= 0.6 is 0 Å². The van der Waals surface area contributed by atoms with Crippen molar-refractivity contribution in [3.8, 4) is 0 Å². The molecule has 0 radical (unpaired) electrons. The minimum Gasteiger partial charge on any atom is -0.396 e. The maximum Gasteiger partial charge on any atom is 0.0485 e. The summed E-state index contributed by atoms with van der Waals surface area (Å²) in [6.07, 6.45) is 5.19.